The van der Waals surface area contributed by atoms with Crippen molar-refractivity contribution < 1.29 is 4.79 Å². The van der Waals surface area contributed by atoms with E-state index in [9.17, 15) is 4.79 Å². The molecule has 0 N–H and O–H groups in total. The maximum absolute atomic E-state index is 12.8. The molecular weight excluding hydrogens is 637 g/mol. The zero-order valence-electron chi connectivity index (χ0n) is 30.2. The van der Waals surface area contributed by atoms with Gasteiger partial charge in [-0.15, -0.1) is 22.7 Å². The van der Waals surface area contributed by atoms with E-state index in [1.165, 1.54) is 91.0 Å². The van der Waals surface area contributed by atoms with Gasteiger partial charge >= 0.3 is 0 Å². The van der Waals surface area contributed by atoms with E-state index in [0.717, 1.165) is 31.3 Å². The molecule has 260 valence electrons. The maximum Gasteiger partial charge on any atom is 0.226 e. The predicted octanol–water partition coefficient (Wildman–Crippen LogP) is 11.2. The summed E-state index contributed by atoms with van der Waals surface area (Å²) in [4.78, 5) is 20.4. The summed E-state index contributed by atoms with van der Waals surface area (Å²) in [6.07, 6.45) is 10.5. The fourth-order valence-corrected chi connectivity index (χ4v) is 10.9. The first-order valence-corrected chi connectivity index (χ1v) is 21.0. The number of rotatable bonds is 14. The summed E-state index contributed by atoms with van der Waals surface area (Å²) in [7, 11) is 0. The number of fused-ring (bicyclic) bond motifs is 2. The average molecular weight is 693 g/mol. The molecule has 2 aliphatic carbocycles. The highest BCUT2D eigenvalue weighted by molar-refractivity contribution is 7.13. The van der Waals surface area contributed by atoms with Crippen LogP contribution in [0.4, 0.5) is 0 Å². The van der Waals surface area contributed by atoms with Gasteiger partial charge in [0.15, 0.2) is 0 Å². The van der Waals surface area contributed by atoms with E-state index < -0.39 is 0 Å². The van der Waals surface area contributed by atoms with Crippen molar-refractivity contribution >= 4 is 28.6 Å². The fourth-order valence-electron chi connectivity index (χ4n) is 9.41. The van der Waals surface area contributed by atoms with E-state index in [0.29, 0.717) is 17.2 Å². The summed E-state index contributed by atoms with van der Waals surface area (Å²) in [6, 6.07) is 26.8. The van der Waals surface area contributed by atoms with Crippen LogP contribution in [0.15, 0.2) is 83.6 Å². The van der Waals surface area contributed by atoms with Crippen molar-refractivity contribution in [3.63, 3.8) is 0 Å². The SMILES string of the molecule is CCCCCCN1CC2C(C1)C2(C)c1cccc(-c2cccs2)c1.CCCCCCN1CC2C(C1=O)C2(C)c1cccc(-c2cccs2)c1. The Morgan fingerprint density at radius 1 is 0.633 bits per heavy atom. The molecule has 4 aromatic rings. The quantitative estimate of drug-likeness (QED) is 0.123. The lowest BCUT2D eigenvalue weighted by Crippen LogP contribution is -2.34. The number of unbranched alkanes of at least 4 members (excludes halogenated alkanes) is 6. The van der Waals surface area contributed by atoms with Crippen LogP contribution in [-0.2, 0) is 15.6 Å². The van der Waals surface area contributed by atoms with Crippen LogP contribution in [-0.4, -0.2) is 48.4 Å². The molecular formula is C44H56N2OS2. The molecule has 5 atom stereocenters. The first kappa shape index (κ1) is 34.7. The Balaban J connectivity index is 0.000000154. The zero-order valence-corrected chi connectivity index (χ0v) is 31.8. The topological polar surface area (TPSA) is 23.6 Å². The van der Waals surface area contributed by atoms with E-state index >= 15 is 0 Å². The van der Waals surface area contributed by atoms with Gasteiger partial charge in [0.05, 0.1) is 5.92 Å². The monoisotopic (exact) mass is 692 g/mol. The first-order chi connectivity index (χ1) is 23.9. The Labute approximate surface area is 303 Å². The molecule has 4 heterocycles. The van der Waals surface area contributed by atoms with Gasteiger partial charge in [0, 0.05) is 46.8 Å². The molecule has 49 heavy (non-hydrogen) atoms. The summed E-state index contributed by atoms with van der Waals surface area (Å²) in [5, 5.41) is 4.29. The van der Waals surface area contributed by atoms with Crippen molar-refractivity contribution in [2.24, 2.45) is 23.7 Å². The second-order valence-corrected chi connectivity index (χ2v) is 17.5. The van der Waals surface area contributed by atoms with Crippen molar-refractivity contribution in [2.45, 2.75) is 89.9 Å². The third-order valence-corrected chi connectivity index (χ3v) is 14.6. The number of likely N-dealkylation sites (tertiary alicyclic amines) is 2. The lowest BCUT2D eigenvalue weighted by atomic mass is 9.90. The Hall–Kier alpha value is -2.73. The van der Waals surface area contributed by atoms with Gasteiger partial charge in [0.1, 0.15) is 0 Å². The van der Waals surface area contributed by atoms with Gasteiger partial charge in [0.25, 0.3) is 0 Å². The molecule has 1 amide bonds. The molecule has 4 aliphatic rings. The molecule has 2 saturated heterocycles. The summed E-state index contributed by atoms with van der Waals surface area (Å²) in [5.74, 6) is 2.86. The minimum Gasteiger partial charge on any atom is -0.342 e. The molecule has 8 rings (SSSR count). The normalized spacial score (nSPS) is 28.2. The molecule has 4 fully saturated rings. The molecule has 0 spiro atoms. The highest BCUT2D eigenvalue weighted by atomic mass is 32.1. The van der Waals surface area contributed by atoms with Crippen molar-refractivity contribution in [3.05, 3.63) is 94.7 Å². The van der Waals surface area contributed by atoms with E-state index in [-0.39, 0.29) is 11.3 Å². The number of hydrogen-bond donors (Lipinski definition) is 0. The van der Waals surface area contributed by atoms with E-state index in [2.05, 4.69) is 121 Å². The highest BCUT2D eigenvalue weighted by Crippen LogP contribution is 2.64. The molecule has 2 aromatic heterocycles. The highest BCUT2D eigenvalue weighted by Gasteiger charge is 2.70. The Morgan fingerprint density at radius 3 is 1.67 bits per heavy atom. The second-order valence-electron chi connectivity index (χ2n) is 15.6. The van der Waals surface area contributed by atoms with Gasteiger partial charge in [-0.05, 0) is 94.4 Å². The fraction of sp³-hybridized carbons (Fsp3) is 0.523. The number of carbonyl (C=O) groups is 1. The number of nitrogens with zero attached hydrogens (tertiary/aromatic N) is 2. The number of benzene rings is 2. The van der Waals surface area contributed by atoms with Crippen LogP contribution in [0.5, 0.6) is 0 Å². The van der Waals surface area contributed by atoms with Crippen LogP contribution in [0, 0.1) is 23.7 Å². The molecule has 0 radical (unpaired) electrons. The first-order valence-electron chi connectivity index (χ1n) is 19.2. The Bertz CT molecular complexity index is 1670. The molecule has 2 saturated carbocycles. The molecule has 5 unspecified atom stereocenters. The third kappa shape index (κ3) is 6.85. The van der Waals surface area contributed by atoms with Crippen LogP contribution in [0.2, 0.25) is 0 Å². The standard InChI is InChI=1S/C22H27NOS.C22H29NS/c1-3-4-5-6-12-23-15-18-20(21(23)24)22(18,2)17-10-7-9-16(14-17)19-11-8-13-25-19;1-3-4-5-6-12-23-15-19-20(16-23)22(19,2)18-10-7-9-17(14-18)21-11-8-13-24-21/h7-11,13-14,18,20H,3-6,12,15H2,1-2H3;7-11,13-14,19-20H,3-6,12,15-16H2,1-2H3. The predicted molar refractivity (Wildman–Crippen MR) is 209 cm³/mol. The van der Waals surface area contributed by atoms with Crippen molar-refractivity contribution in [3.8, 4) is 20.9 Å². The number of amides is 1. The van der Waals surface area contributed by atoms with Crippen LogP contribution in [0.1, 0.15) is 90.2 Å². The van der Waals surface area contributed by atoms with Crippen LogP contribution >= 0.6 is 22.7 Å². The Kier molecular flexibility index (Phi) is 10.5. The van der Waals surface area contributed by atoms with Crippen molar-refractivity contribution in [1.29, 1.82) is 0 Å². The number of hydrogen-bond acceptors (Lipinski definition) is 4. The summed E-state index contributed by atoms with van der Waals surface area (Å²) >= 11 is 3.62. The number of carbonyl (C=O) groups excluding carboxylic acids is 1. The minimum absolute atomic E-state index is 0.0459. The third-order valence-electron chi connectivity index (χ3n) is 12.7. The summed E-state index contributed by atoms with van der Waals surface area (Å²) in [6.45, 7) is 15.2. The van der Waals surface area contributed by atoms with Crippen LogP contribution in [0.25, 0.3) is 20.9 Å². The molecule has 2 aliphatic heterocycles. The van der Waals surface area contributed by atoms with Gasteiger partial charge in [-0.1, -0.05) is 115 Å². The lowest BCUT2D eigenvalue weighted by Gasteiger charge is -2.25. The number of thiophene rings is 2. The summed E-state index contributed by atoms with van der Waals surface area (Å²) in [5.41, 5.74) is 6.05. The van der Waals surface area contributed by atoms with Gasteiger partial charge in [-0.2, -0.15) is 0 Å². The van der Waals surface area contributed by atoms with E-state index in [1.54, 1.807) is 16.9 Å². The van der Waals surface area contributed by atoms with Crippen molar-refractivity contribution in [2.75, 3.05) is 32.7 Å². The van der Waals surface area contributed by atoms with Gasteiger partial charge in [-0.3, -0.25) is 4.79 Å². The largest absolute Gasteiger partial charge is 0.342 e. The molecule has 5 heteroatoms. The maximum atomic E-state index is 12.8. The van der Waals surface area contributed by atoms with Crippen molar-refractivity contribution in [1.82, 2.24) is 9.80 Å². The average Bonchev–Trinajstić information content (AvgIpc) is 3.67. The van der Waals surface area contributed by atoms with E-state index in [1.807, 2.05) is 11.3 Å². The van der Waals surface area contributed by atoms with Gasteiger partial charge in [0.2, 0.25) is 5.91 Å². The van der Waals surface area contributed by atoms with Gasteiger partial charge in [-0.25, -0.2) is 0 Å². The Morgan fingerprint density at radius 2 is 1.18 bits per heavy atom. The molecule has 0 bridgehead atoms. The lowest BCUT2D eigenvalue weighted by molar-refractivity contribution is -0.130. The van der Waals surface area contributed by atoms with Gasteiger partial charge < -0.3 is 9.80 Å². The number of piperidine rings is 2. The second kappa shape index (κ2) is 14.9. The zero-order chi connectivity index (χ0) is 34.0. The van der Waals surface area contributed by atoms with Crippen LogP contribution in [0.3, 0.4) is 0 Å². The van der Waals surface area contributed by atoms with Crippen LogP contribution < -0.4 is 0 Å². The summed E-state index contributed by atoms with van der Waals surface area (Å²) < 4.78 is 0. The minimum atomic E-state index is 0.0459. The van der Waals surface area contributed by atoms with E-state index in [4.69, 9.17) is 0 Å². The molecule has 2 aromatic carbocycles. The molecule has 3 nitrogen and oxygen atoms in total. The smallest absolute Gasteiger partial charge is 0.226 e.